The smallest absolute Gasteiger partial charge is 0.243 e. The van der Waals surface area contributed by atoms with E-state index in [1.54, 1.807) is 25.3 Å². The third-order valence-corrected chi connectivity index (χ3v) is 4.03. The number of ether oxygens (including phenoxy) is 1. The second-order valence-electron chi connectivity index (χ2n) is 5.94. The summed E-state index contributed by atoms with van der Waals surface area (Å²) in [6.07, 6.45) is 0. The first-order valence-electron chi connectivity index (χ1n) is 7.89. The lowest BCUT2D eigenvalue weighted by atomic mass is 9.98. The number of halogens is 1. The van der Waals surface area contributed by atoms with E-state index in [1.807, 2.05) is 25.1 Å². The van der Waals surface area contributed by atoms with Crippen LogP contribution in [-0.2, 0) is 4.79 Å². The fourth-order valence-electron chi connectivity index (χ4n) is 2.52. The van der Waals surface area contributed by atoms with Crippen molar-refractivity contribution in [2.45, 2.75) is 26.7 Å². The molecule has 128 valence electrons. The van der Waals surface area contributed by atoms with E-state index in [0.717, 1.165) is 16.8 Å². The number of carbonyl (C=O) groups excluding carboxylic acids is 1. The van der Waals surface area contributed by atoms with Gasteiger partial charge in [0.1, 0.15) is 5.75 Å². The molecule has 2 N–H and O–H groups in total. The SMILES string of the molecule is COc1ccc(Cl)cc1NCC(=O)Nc1c(C)cccc1C(C)C. The zero-order valence-corrected chi connectivity index (χ0v) is 15.2. The Morgan fingerprint density at radius 1 is 1.25 bits per heavy atom. The normalized spacial score (nSPS) is 10.6. The number of hydrogen-bond acceptors (Lipinski definition) is 3. The van der Waals surface area contributed by atoms with Gasteiger partial charge in [-0.05, 0) is 42.2 Å². The molecule has 0 aliphatic carbocycles. The molecule has 0 fully saturated rings. The van der Waals surface area contributed by atoms with Crippen LogP contribution in [0.2, 0.25) is 5.02 Å². The molecular formula is C19H23ClN2O2. The average molecular weight is 347 g/mol. The first-order valence-corrected chi connectivity index (χ1v) is 8.27. The van der Waals surface area contributed by atoms with Gasteiger partial charge in [-0.3, -0.25) is 4.79 Å². The lowest BCUT2D eigenvalue weighted by Crippen LogP contribution is -2.23. The number of amides is 1. The van der Waals surface area contributed by atoms with Crippen molar-refractivity contribution in [3.05, 3.63) is 52.5 Å². The maximum atomic E-state index is 12.3. The quantitative estimate of drug-likeness (QED) is 0.787. The van der Waals surface area contributed by atoms with Gasteiger partial charge in [-0.1, -0.05) is 43.6 Å². The van der Waals surface area contributed by atoms with Gasteiger partial charge >= 0.3 is 0 Å². The highest BCUT2D eigenvalue weighted by Gasteiger charge is 2.12. The van der Waals surface area contributed by atoms with Gasteiger partial charge in [-0.2, -0.15) is 0 Å². The third-order valence-electron chi connectivity index (χ3n) is 3.79. The van der Waals surface area contributed by atoms with Crippen molar-refractivity contribution >= 4 is 28.9 Å². The summed E-state index contributed by atoms with van der Waals surface area (Å²) < 4.78 is 5.27. The van der Waals surface area contributed by atoms with Gasteiger partial charge in [0.2, 0.25) is 5.91 Å². The van der Waals surface area contributed by atoms with Crippen LogP contribution in [0.25, 0.3) is 0 Å². The number of para-hydroxylation sites is 1. The zero-order chi connectivity index (χ0) is 17.7. The standard InChI is InChI=1S/C19H23ClN2O2/c1-12(2)15-7-5-6-13(3)19(15)22-18(23)11-21-16-10-14(20)8-9-17(16)24-4/h5-10,12,21H,11H2,1-4H3,(H,22,23). The Labute approximate surface area is 148 Å². The molecule has 0 aliphatic heterocycles. The third kappa shape index (κ3) is 4.42. The molecule has 0 spiro atoms. The van der Waals surface area contributed by atoms with E-state index in [4.69, 9.17) is 16.3 Å². The van der Waals surface area contributed by atoms with E-state index in [1.165, 1.54) is 0 Å². The van der Waals surface area contributed by atoms with E-state index in [9.17, 15) is 4.79 Å². The minimum Gasteiger partial charge on any atom is -0.495 e. The van der Waals surface area contributed by atoms with E-state index in [0.29, 0.717) is 22.4 Å². The van der Waals surface area contributed by atoms with Crippen molar-refractivity contribution in [1.82, 2.24) is 0 Å². The van der Waals surface area contributed by atoms with Crippen molar-refractivity contribution < 1.29 is 9.53 Å². The molecule has 0 saturated heterocycles. The molecule has 2 rings (SSSR count). The molecule has 2 aromatic carbocycles. The summed E-state index contributed by atoms with van der Waals surface area (Å²) in [5.41, 5.74) is 3.75. The molecule has 0 heterocycles. The fourth-order valence-corrected chi connectivity index (χ4v) is 2.69. The van der Waals surface area contributed by atoms with Crippen molar-refractivity contribution in [3.63, 3.8) is 0 Å². The van der Waals surface area contributed by atoms with Crippen LogP contribution in [0, 0.1) is 6.92 Å². The van der Waals surface area contributed by atoms with E-state index >= 15 is 0 Å². The second-order valence-corrected chi connectivity index (χ2v) is 6.38. The molecule has 0 radical (unpaired) electrons. The van der Waals surface area contributed by atoms with Crippen LogP contribution in [0.1, 0.15) is 30.9 Å². The minimum absolute atomic E-state index is 0.117. The highest BCUT2D eigenvalue weighted by molar-refractivity contribution is 6.30. The number of hydrogen-bond donors (Lipinski definition) is 2. The number of methoxy groups -OCH3 is 1. The van der Waals surface area contributed by atoms with Crippen molar-refractivity contribution in [3.8, 4) is 5.75 Å². The predicted octanol–water partition coefficient (Wildman–Crippen LogP) is 4.83. The van der Waals surface area contributed by atoms with Crippen LogP contribution in [0.5, 0.6) is 5.75 Å². The Bertz CT molecular complexity index is 729. The zero-order valence-electron chi connectivity index (χ0n) is 14.4. The summed E-state index contributed by atoms with van der Waals surface area (Å²) in [4.78, 5) is 12.3. The monoisotopic (exact) mass is 346 g/mol. The Hall–Kier alpha value is -2.20. The van der Waals surface area contributed by atoms with Crippen LogP contribution in [0.3, 0.4) is 0 Å². The predicted molar refractivity (Wildman–Crippen MR) is 100 cm³/mol. The van der Waals surface area contributed by atoms with Crippen LogP contribution in [0.15, 0.2) is 36.4 Å². The van der Waals surface area contributed by atoms with Gasteiger partial charge in [-0.25, -0.2) is 0 Å². The average Bonchev–Trinajstić information content (AvgIpc) is 2.54. The van der Waals surface area contributed by atoms with Crippen LogP contribution in [0.4, 0.5) is 11.4 Å². The Kier molecular flexibility index (Phi) is 6.10. The number of carbonyl (C=O) groups is 1. The summed E-state index contributed by atoms with van der Waals surface area (Å²) in [7, 11) is 1.58. The molecule has 0 unspecified atom stereocenters. The maximum Gasteiger partial charge on any atom is 0.243 e. The highest BCUT2D eigenvalue weighted by Crippen LogP contribution is 2.29. The molecule has 2 aromatic rings. The molecule has 0 saturated carbocycles. The molecule has 0 atom stereocenters. The number of benzene rings is 2. The summed E-state index contributed by atoms with van der Waals surface area (Å²) >= 11 is 6.00. The molecule has 4 nitrogen and oxygen atoms in total. The Morgan fingerprint density at radius 2 is 2.00 bits per heavy atom. The van der Waals surface area contributed by atoms with Crippen molar-refractivity contribution in [1.29, 1.82) is 0 Å². The first-order chi connectivity index (χ1) is 11.4. The van der Waals surface area contributed by atoms with Crippen molar-refractivity contribution in [2.75, 3.05) is 24.3 Å². The summed E-state index contributed by atoms with van der Waals surface area (Å²) in [5, 5.41) is 6.66. The molecule has 24 heavy (non-hydrogen) atoms. The lowest BCUT2D eigenvalue weighted by molar-refractivity contribution is -0.114. The molecule has 1 amide bonds. The van der Waals surface area contributed by atoms with Crippen LogP contribution in [-0.4, -0.2) is 19.6 Å². The van der Waals surface area contributed by atoms with E-state index in [-0.39, 0.29) is 12.5 Å². The van der Waals surface area contributed by atoms with Gasteiger partial charge < -0.3 is 15.4 Å². The minimum atomic E-state index is -0.117. The van der Waals surface area contributed by atoms with Gasteiger partial charge in [-0.15, -0.1) is 0 Å². The fraction of sp³-hybridized carbons (Fsp3) is 0.316. The van der Waals surface area contributed by atoms with Gasteiger partial charge in [0.05, 0.1) is 19.3 Å². The molecule has 0 aliphatic rings. The number of rotatable bonds is 6. The molecule has 5 heteroatoms. The molecule has 0 aromatic heterocycles. The Balaban J connectivity index is 2.09. The lowest BCUT2D eigenvalue weighted by Gasteiger charge is -2.17. The van der Waals surface area contributed by atoms with Crippen LogP contribution < -0.4 is 15.4 Å². The number of anilines is 2. The van der Waals surface area contributed by atoms with E-state index in [2.05, 4.69) is 24.5 Å². The largest absolute Gasteiger partial charge is 0.495 e. The van der Waals surface area contributed by atoms with Gasteiger partial charge in [0, 0.05) is 10.7 Å². The van der Waals surface area contributed by atoms with Gasteiger partial charge in [0.15, 0.2) is 0 Å². The first kappa shape index (κ1) is 18.1. The number of nitrogens with one attached hydrogen (secondary N) is 2. The van der Waals surface area contributed by atoms with Crippen LogP contribution >= 0.6 is 11.6 Å². The van der Waals surface area contributed by atoms with E-state index < -0.39 is 0 Å². The Morgan fingerprint density at radius 3 is 2.67 bits per heavy atom. The molecule has 0 bridgehead atoms. The maximum absolute atomic E-state index is 12.3. The summed E-state index contributed by atoms with van der Waals surface area (Å²) in [5.74, 6) is 0.861. The second kappa shape index (κ2) is 8.06. The molecular weight excluding hydrogens is 324 g/mol. The summed E-state index contributed by atoms with van der Waals surface area (Å²) in [6, 6.07) is 11.3. The highest BCUT2D eigenvalue weighted by atomic mass is 35.5. The topological polar surface area (TPSA) is 50.4 Å². The summed E-state index contributed by atoms with van der Waals surface area (Å²) in [6.45, 7) is 6.34. The van der Waals surface area contributed by atoms with Crippen molar-refractivity contribution in [2.24, 2.45) is 0 Å². The number of aryl methyl sites for hydroxylation is 1. The van der Waals surface area contributed by atoms with Gasteiger partial charge in [0.25, 0.3) is 0 Å².